The van der Waals surface area contributed by atoms with Gasteiger partial charge in [0, 0.05) is 5.56 Å². The quantitative estimate of drug-likeness (QED) is 0.768. The zero-order valence-corrected chi connectivity index (χ0v) is 10.9. The molecule has 1 aromatic rings. The van der Waals surface area contributed by atoms with E-state index >= 15 is 0 Å². The predicted octanol–water partition coefficient (Wildman–Crippen LogP) is 3.11. The van der Waals surface area contributed by atoms with Crippen LogP contribution in [0.3, 0.4) is 0 Å². The van der Waals surface area contributed by atoms with Crippen LogP contribution in [-0.2, 0) is 16.0 Å². The molecule has 1 fully saturated rings. The van der Waals surface area contributed by atoms with Gasteiger partial charge in [-0.15, -0.1) is 0 Å². The van der Waals surface area contributed by atoms with Gasteiger partial charge in [-0.25, -0.2) is 0 Å². The molecule has 1 aromatic carbocycles. The Hall–Kier alpha value is -1.51. The van der Waals surface area contributed by atoms with Crippen molar-refractivity contribution >= 4 is 5.97 Å². The molecule has 0 spiro atoms. The van der Waals surface area contributed by atoms with Gasteiger partial charge in [0.05, 0.1) is 19.6 Å². The molecule has 1 saturated carbocycles. The first-order valence-corrected chi connectivity index (χ1v) is 6.61. The van der Waals surface area contributed by atoms with Crippen molar-refractivity contribution in [2.45, 2.75) is 44.6 Å². The average molecular weight is 248 g/mol. The number of hydrogen-bond acceptors (Lipinski definition) is 3. The summed E-state index contributed by atoms with van der Waals surface area (Å²) in [5.74, 6) is 0.601. The molecule has 2 rings (SSSR count). The van der Waals surface area contributed by atoms with E-state index < -0.39 is 0 Å². The van der Waals surface area contributed by atoms with Crippen molar-refractivity contribution in [1.29, 1.82) is 0 Å². The molecule has 0 saturated heterocycles. The van der Waals surface area contributed by atoms with E-state index in [1.165, 1.54) is 26.4 Å². The minimum atomic E-state index is -0.227. The summed E-state index contributed by atoms with van der Waals surface area (Å²) in [6.07, 6.45) is 6.60. The number of ether oxygens (including phenoxy) is 2. The van der Waals surface area contributed by atoms with Crippen LogP contribution in [-0.4, -0.2) is 19.2 Å². The van der Waals surface area contributed by atoms with Crippen LogP contribution in [0.25, 0.3) is 0 Å². The van der Waals surface area contributed by atoms with Crippen LogP contribution in [0.15, 0.2) is 24.3 Å². The summed E-state index contributed by atoms with van der Waals surface area (Å²) >= 11 is 0. The summed E-state index contributed by atoms with van der Waals surface area (Å²) in [5.41, 5.74) is 0.912. The largest absolute Gasteiger partial charge is 0.490 e. The number of hydrogen-bond donors (Lipinski definition) is 0. The van der Waals surface area contributed by atoms with Gasteiger partial charge >= 0.3 is 5.97 Å². The van der Waals surface area contributed by atoms with Crippen molar-refractivity contribution in [1.82, 2.24) is 0 Å². The van der Waals surface area contributed by atoms with E-state index in [1.54, 1.807) is 0 Å². The van der Waals surface area contributed by atoms with E-state index in [0.717, 1.165) is 24.2 Å². The SMILES string of the molecule is COC(=O)Cc1ccccc1OC1CCCCC1. The lowest BCUT2D eigenvalue weighted by Gasteiger charge is -2.24. The molecular formula is C15H20O3. The molecule has 0 aliphatic heterocycles. The number of carbonyl (C=O) groups excluding carboxylic acids is 1. The van der Waals surface area contributed by atoms with Gasteiger partial charge in [0.2, 0.25) is 0 Å². The zero-order chi connectivity index (χ0) is 12.8. The van der Waals surface area contributed by atoms with Crippen LogP contribution in [0.1, 0.15) is 37.7 Å². The molecule has 18 heavy (non-hydrogen) atoms. The van der Waals surface area contributed by atoms with Crippen molar-refractivity contribution in [2.24, 2.45) is 0 Å². The summed E-state index contributed by atoms with van der Waals surface area (Å²) in [6.45, 7) is 0. The molecule has 3 nitrogen and oxygen atoms in total. The first-order valence-electron chi connectivity index (χ1n) is 6.61. The molecule has 1 aliphatic carbocycles. The smallest absolute Gasteiger partial charge is 0.310 e. The Morgan fingerprint density at radius 3 is 2.67 bits per heavy atom. The van der Waals surface area contributed by atoms with Crippen LogP contribution in [0.4, 0.5) is 0 Å². The second-order valence-corrected chi connectivity index (χ2v) is 4.74. The van der Waals surface area contributed by atoms with Gasteiger partial charge in [-0.2, -0.15) is 0 Å². The van der Waals surface area contributed by atoms with Crippen LogP contribution < -0.4 is 4.74 Å². The molecule has 0 N–H and O–H groups in total. The fourth-order valence-electron chi connectivity index (χ4n) is 2.36. The fourth-order valence-corrected chi connectivity index (χ4v) is 2.36. The third-order valence-corrected chi connectivity index (χ3v) is 3.38. The van der Waals surface area contributed by atoms with E-state index in [9.17, 15) is 4.79 Å². The van der Waals surface area contributed by atoms with Crippen molar-refractivity contribution in [3.63, 3.8) is 0 Å². The van der Waals surface area contributed by atoms with Gasteiger partial charge in [0.1, 0.15) is 5.75 Å². The Balaban J connectivity index is 2.04. The molecule has 0 bridgehead atoms. The molecular weight excluding hydrogens is 228 g/mol. The Kier molecular flexibility index (Phi) is 4.62. The Morgan fingerprint density at radius 2 is 1.94 bits per heavy atom. The third kappa shape index (κ3) is 3.49. The van der Waals surface area contributed by atoms with E-state index in [-0.39, 0.29) is 12.4 Å². The van der Waals surface area contributed by atoms with E-state index in [0.29, 0.717) is 6.10 Å². The number of benzene rings is 1. The van der Waals surface area contributed by atoms with Crippen molar-refractivity contribution in [3.8, 4) is 5.75 Å². The van der Waals surface area contributed by atoms with Gasteiger partial charge in [-0.05, 0) is 31.7 Å². The number of para-hydroxylation sites is 1. The maximum absolute atomic E-state index is 11.3. The molecule has 0 radical (unpaired) electrons. The molecule has 0 unspecified atom stereocenters. The van der Waals surface area contributed by atoms with Crippen molar-refractivity contribution in [2.75, 3.05) is 7.11 Å². The number of rotatable bonds is 4. The number of esters is 1. The Labute approximate surface area is 108 Å². The highest BCUT2D eigenvalue weighted by atomic mass is 16.5. The molecule has 98 valence electrons. The second kappa shape index (κ2) is 6.43. The second-order valence-electron chi connectivity index (χ2n) is 4.74. The normalized spacial score (nSPS) is 16.3. The number of methoxy groups -OCH3 is 1. The topological polar surface area (TPSA) is 35.5 Å². The van der Waals surface area contributed by atoms with Gasteiger partial charge in [0.25, 0.3) is 0 Å². The number of carbonyl (C=O) groups is 1. The first-order chi connectivity index (χ1) is 8.79. The summed E-state index contributed by atoms with van der Waals surface area (Å²) in [4.78, 5) is 11.3. The fraction of sp³-hybridized carbons (Fsp3) is 0.533. The molecule has 3 heteroatoms. The molecule has 0 heterocycles. The lowest BCUT2D eigenvalue weighted by atomic mass is 9.97. The summed E-state index contributed by atoms with van der Waals surface area (Å²) < 4.78 is 10.7. The predicted molar refractivity (Wildman–Crippen MR) is 69.7 cm³/mol. The highest BCUT2D eigenvalue weighted by molar-refractivity contribution is 5.73. The minimum Gasteiger partial charge on any atom is -0.490 e. The lowest BCUT2D eigenvalue weighted by molar-refractivity contribution is -0.139. The van der Waals surface area contributed by atoms with E-state index in [1.807, 2.05) is 24.3 Å². The van der Waals surface area contributed by atoms with Crippen molar-refractivity contribution < 1.29 is 14.3 Å². The molecule has 0 aromatic heterocycles. The summed E-state index contributed by atoms with van der Waals surface area (Å²) in [6, 6.07) is 7.73. The molecule has 0 amide bonds. The molecule has 0 atom stereocenters. The zero-order valence-electron chi connectivity index (χ0n) is 10.9. The average Bonchev–Trinajstić information content (AvgIpc) is 2.42. The van der Waals surface area contributed by atoms with Gasteiger partial charge in [0.15, 0.2) is 0 Å². The summed E-state index contributed by atoms with van der Waals surface area (Å²) in [7, 11) is 1.41. The Bertz CT molecular complexity index is 394. The van der Waals surface area contributed by atoms with E-state index in [4.69, 9.17) is 9.47 Å². The first kappa shape index (κ1) is 12.9. The van der Waals surface area contributed by atoms with Crippen LogP contribution >= 0.6 is 0 Å². The van der Waals surface area contributed by atoms with Crippen LogP contribution in [0.5, 0.6) is 5.75 Å². The maximum atomic E-state index is 11.3. The lowest BCUT2D eigenvalue weighted by Crippen LogP contribution is -2.20. The van der Waals surface area contributed by atoms with Gasteiger partial charge in [-0.1, -0.05) is 24.6 Å². The standard InChI is InChI=1S/C15H20O3/c1-17-15(16)11-12-7-5-6-10-14(12)18-13-8-3-2-4-9-13/h5-7,10,13H,2-4,8-9,11H2,1H3. The third-order valence-electron chi connectivity index (χ3n) is 3.38. The van der Waals surface area contributed by atoms with Gasteiger partial charge < -0.3 is 9.47 Å². The highest BCUT2D eigenvalue weighted by Gasteiger charge is 2.17. The molecule has 1 aliphatic rings. The van der Waals surface area contributed by atoms with Gasteiger partial charge in [-0.3, -0.25) is 4.79 Å². The van der Waals surface area contributed by atoms with Crippen LogP contribution in [0.2, 0.25) is 0 Å². The van der Waals surface area contributed by atoms with Crippen molar-refractivity contribution in [3.05, 3.63) is 29.8 Å². The Morgan fingerprint density at radius 1 is 1.22 bits per heavy atom. The minimum absolute atomic E-state index is 0.227. The highest BCUT2D eigenvalue weighted by Crippen LogP contribution is 2.26. The monoisotopic (exact) mass is 248 g/mol. The maximum Gasteiger partial charge on any atom is 0.310 e. The summed E-state index contributed by atoms with van der Waals surface area (Å²) in [5, 5.41) is 0. The van der Waals surface area contributed by atoms with E-state index in [2.05, 4.69) is 0 Å². The van der Waals surface area contributed by atoms with Crippen LogP contribution in [0, 0.1) is 0 Å².